The SMILES string of the molecule is Cc1ccc(CNC2CC(=O)N(C)C2=O)nc1. The summed E-state index contributed by atoms with van der Waals surface area (Å²) in [6.45, 7) is 2.47. The lowest BCUT2D eigenvalue weighted by Crippen LogP contribution is -2.36. The van der Waals surface area contributed by atoms with Crippen molar-refractivity contribution in [2.75, 3.05) is 7.05 Å². The van der Waals surface area contributed by atoms with E-state index in [0.29, 0.717) is 6.54 Å². The Morgan fingerprint density at radius 1 is 1.47 bits per heavy atom. The molecule has 1 atom stereocenters. The van der Waals surface area contributed by atoms with Crippen LogP contribution in [0.25, 0.3) is 0 Å². The fraction of sp³-hybridized carbons (Fsp3) is 0.417. The number of nitrogens with zero attached hydrogens (tertiary/aromatic N) is 2. The van der Waals surface area contributed by atoms with Crippen LogP contribution in [0.4, 0.5) is 0 Å². The van der Waals surface area contributed by atoms with Gasteiger partial charge in [-0.05, 0) is 18.6 Å². The van der Waals surface area contributed by atoms with E-state index >= 15 is 0 Å². The van der Waals surface area contributed by atoms with E-state index in [0.717, 1.165) is 11.3 Å². The van der Waals surface area contributed by atoms with E-state index in [-0.39, 0.29) is 18.2 Å². The van der Waals surface area contributed by atoms with E-state index in [9.17, 15) is 9.59 Å². The molecule has 1 aromatic heterocycles. The molecule has 0 aliphatic carbocycles. The van der Waals surface area contributed by atoms with Gasteiger partial charge in [0.1, 0.15) is 0 Å². The average molecular weight is 233 g/mol. The van der Waals surface area contributed by atoms with Gasteiger partial charge in [-0.1, -0.05) is 6.07 Å². The van der Waals surface area contributed by atoms with Crippen molar-refractivity contribution >= 4 is 11.8 Å². The second-order valence-electron chi connectivity index (χ2n) is 4.26. The third-order valence-corrected chi connectivity index (χ3v) is 2.88. The van der Waals surface area contributed by atoms with Crippen LogP contribution >= 0.6 is 0 Å². The number of likely N-dealkylation sites (N-methyl/N-ethyl adjacent to an activating group) is 1. The number of imide groups is 1. The Labute approximate surface area is 99.8 Å². The molecule has 1 aromatic rings. The fourth-order valence-electron chi connectivity index (χ4n) is 1.75. The van der Waals surface area contributed by atoms with Gasteiger partial charge in [0.05, 0.1) is 18.2 Å². The quantitative estimate of drug-likeness (QED) is 0.759. The number of aromatic nitrogens is 1. The van der Waals surface area contributed by atoms with Crippen LogP contribution in [0.5, 0.6) is 0 Å². The van der Waals surface area contributed by atoms with Crippen LogP contribution in [0, 0.1) is 6.92 Å². The van der Waals surface area contributed by atoms with Gasteiger partial charge in [0.25, 0.3) is 0 Å². The van der Waals surface area contributed by atoms with Gasteiger partial charge in [0.15, 0.2) is 0 Å². The molecule has 1 N–H and O–H groups in total. The summed E-state index contributed by atoms with van der Waals surface area (Å²) in [6.07, 6.45) is 2.02. The van der Waals surface area contributed by atoms with Crippen LogP contribution in [0.15, 0.2) is 18.3 Å². The van der Waals surface area contributed by atoms with E-state index in [2.05, 4.69) is 10.3 Å². The number of rotatable bonds is 3. The lowest BCUT2D eigenvalue weighted by atomic mass is 10.2. The highest BCUT2D eigenvalue weighted by Crippen LogP contribution is 2.11. The molecular formula is C12H15N3O2. The molecule has 1 unspecified atom stereocenters. The molecule has 0 spiro atoms. The van der Waals surface area contributed by atoms with Gasteiger partial charge in [0.2, 0.25) is 11.8 Å². The van der Waals surface area contributed by atoms with Crippen molar-refractivity contribution in [3.8, 4) is 0 Å². The molecular weight excluding hydrogens is 218 g/mol. The summed E-state index contributed by atoms with van der Waals surface area (Å²) in [4.78, 5) is 28.3. The first-order valence-corrected chi connectivity index (χ1v) is 5.53. The molecule has 17 heavy (non-hydrogen) atoms. The number of pyridine rings is 1. The highest BCUT2D eigenvalue weighted by Gasteiger charge is 2.35. The Morgan fingerprint density at radius 2 is 2.24 bits per heavy atom. The predicted molar refractivity (Wildman–Crippen MR) is 62.0 cm³/mol. The first-order chi connectivity index (χ1) is 8.08. The normalized spacial score (nSPS) is 20.1. The second kappa shape index (κ2) is 4.63. The molecule has 0 aromatic carbocycles. The van der Waals surface area contributed by atoms with E-state index in [1.807, 2.05) is 19.1 Å². The van der Waals surface area contributed by atoms with E-state index < -0.39 is 6.04 Å². The van der Waals surface area contributed by atoms with Crippen LogP contribution in [0.1, 0.15) is 17.7 Å². The molecule has 5 heteroatoms. The summed E-state index contributed by atoms with van der Waals surface area (Å²) in [5.74, 6) is -0.300. The molecule has 5 nitrogen and oxygen atoms in total. The minimum Gasteiger partial charge on any atom is -0.300 e. The van der Waals surface area contributed by atoms with Gasteiger partial charge < -0.3 is 0 Å². The highest BCUT2D eigenvalue weighted by molar-refractivity contribution is 6.05. The van der Waals surface area contributed by atoms with Crippen molar-refractivity contribution in [3.63, 3.8) is 0 Å². The van der Waals surface area contributed by atoms with E-state index in [4.69, 9.17) is 0 Å². The van der Waals surface area contributed by atoms with E-state index in [1.54, 1.807) is 6.20 Å². The molecule has 0 bridgehead atoms. The molecule has 0 radical (unpaired) electrons. The minimum absolute atomic E-state index is 0.135. The van der Waals surface area contributed by atoms with E-state index in [1.165, 1.54) is 11.9 Å². The zero-order valence-corrected chi connectivity index (χ0v) is 9.93. The van der Waals surface area contributed by atoms with Crippen LogP contribution < -0.4 is 5.32 Å². The smallest absolute Gasteiger partial charge is 0.246 e. The molecule has 2 heterocycles. The zero-order valence-electron chi connectivity index (χ0n) is 9.93. The van der Waals surface area contributed by atoms with Crippen molar-refractivity contribution in [3.05, 3.63) is 29.6 Å². The molecule has 1 aliphatic heterocycles. The standard InChI is InChI=1S/C12H15N3O2/c1-8-3-4-9(13-6-8)7-14-10-5-11(16)15(2)12(10)17/h3-4,6,10,14H,5,7H2,1-2H3. The maximum absolute atomic E-state index is 11.6. The van der Waals surface area contributed by atoms with Crippen molar-refractivity contribution in [1.82, 2.24) is 15.2 Å². The summed E-state index contributed by atoms with van der Waals surface area (Å²) in [7, 11) is 1.51. The highest BCUT2D eigenvalue weighted by atomic mass is 16.2. The number of nitrogens with one attached hydrogen (secondary N) is 1. The lowest BCUT2D eigenvalue weighted by Gasteiger charge is -2.10. The number of aryl methyl sites for hydroxylation is 1. The summed E-state index contributed by atoms with van der Waals surface area (Å²) in [5.41, 5.74) is 1.96. The molecule has 1 saturated heterocycles. The van der Waals surface area contributed by atoms with Gasteiger partial charge in [-0.3, -0.25) is 24.8 Å². The Bertz CT molecular complexity index is 442. The third kappa shape index (κ3) is 2.50. The predicted octanol–water partition coefficient (Wildman–Crippen LogP) is 0.237. The van der Waals surface area contributed by atoms with Crippen LogP contribution in [-0.4, -0.2) is 34.8 Å². The summed E-state index contributed by atoms with van der Waals surface area (Å²) in [5, 5.41) is 3.05. The van der Waals surface area contributed by atoms with Crippen LogP contribution in [0.2, 0.25) is 0 Å². The Balaban J connectivity index is 1.93. The van der Waals surface area contributed by atoms with Gasteiger partial charge >= 0.3 is 0 Å². The zero-order chi connectivity index (χ0) is 12.4. The first kappa shape index (κ1) is 11.7. The van der Waals surface area contributed by atoms with Gasteiger partial charge in [-0.2, -0.15) is 0 Å². The third-order valence-electron chi connectivity index (χ3n) is 2.88. The van der Waals surface area contributed by atoms with Gasteiger partial charge in [-0.25, -0.2) is 0 Å². The largest absolute Gasteiger partial charge is 0.300 e. The first-order valence-electron chi connectivity index (χ1n) is 5.53. The van der Waals surface area contributed by atoms with Gasteiger partial charge in [-0.15, -0.1) is 0 Å². The fourth-order valence-corrected chi connectivity index (χ4v) is 1.75. The minimum atomic E-state index is -0.407. The molecule has 90 valence electrons. The molecule has 1 aliphatic rings. The number of carbonyl (C=O) groups excluding carboxylic acids is 2. The average Bonchev–Trinajstić information content (AvgIpc) is 2.56. The van der Waals surface area contributed by atoms with Crippen LogP contribution in [-0.2, 0) is 16.1 Å². The summed E-state index contributed by atoms with van der Waals surface area (Å²) < 4.78 is 0. The monoisotopic (exact) mass is 233 g/mol. The summed E-state index contributed by atoms with van der Waals surface area (Å²) in [6, 6.07) is 3.47. The summed E-state index contributed by atoms with van der Waals surface area (Å²) >= 11 is 0. The Hall–Kier alpha value is -1.75. The lowest BCUT2D eigenvalue weighted by molar-refractivity contribution is -0.137. The number of hydrogen-bond acceptors (Lipinski definition) is 4. The molecule has 2 rings (SSSR count). The number of likely N-dealkylation sites (tertiary alicyclic amines) is 1. The topological polar surface area (TPSA) is 62.3 Å². The Kier molecular flexibility index (Phi) is 3.19. The van der Waals surface area contributed by atoms with Crippen molar-refractivity contribution < 1.29 is 9.59 Å². The van der Waals surface area contributed by atoms with Crippen molar-refractivity contribution in [2.45, 2.75) is 25.9 Å². The Morgan fingerprint density at radius 3 is 2.76 bits per heavy atom. The molecule has 1 fully saturated rings. The number of carbonyl (C=O) groups is 2. The van der Waals surface area contributed by atoms with Crippen molar-refractivity contribution in [2.24, 2.45) is 0 Å². The number of amides is 2. The number of hydrogen-bond donors (Lipinski definition) is 1. The molecule has 0 saturated carbocycles. The van der Waals surface area contributed by atoms with Crippen LogP contribution in [0.3, 0.4) is 0 Å². The van der Waals surface area contributed by atoms with Crippen molar-refractivity contribution in [1.29, 1.82) is 0 Å². The van der Waals surface area contributed by atoms with Gasteiger partial charge in [0, 0.05) is 19.8 Å². The molecule has 2 amide bonds. The second-order valence-corrected chi connectivity index (χ2v) is 4.26. The maximum atomic E-state index is 11.6. The maximum Gasteiger partial charge on any atom is 0.246 e.